The van der Waals surface area contributed by atoms with Gasteiger partial charge in [0.1, 0.15) is 13.2 Å². The molecule has 0 radical (unpaired) electrons. The first-order valence-electron chi connectivity index (χ1n) is 33.8. The number of rotatable bonds is 62. The van der Waals surface area contributed by atoms with E-state index in [4.69, 9.17) is 14.2 Å². The molecule has 0 rings (SSSR count). The number of allylic oxidation sites excluding steroid dienone is 10. The van der Waals surface area contributed by atoms with Gasteiger partial charge in [0.2, 0.25) is 0 Å². The van der Waals surface area contributed by atoms with Crippen LogP contribution in [-0.4, -0.2) is 37.2 Å². The first kappa shape index (κ1) is 74.1. The number of unbranched alkanes of at least 4 members (excludes halogenated alkanes) is 41. The lowest BCUT2D eigenvalue weighted by atomic mass is 10.0. The molecule has 0 aromatic heterocycles. The normalized spacial score (nSPS) is 12.4. The zero-order valence-electron chi connectivity index (χ0n) is 51.5. The average Bonchev–Trinajstić information content (AvgIpc) is 3.43. The molecule has 1 atom stereocenters. The van der Waals surface area contributed by atoms with Gasteiger partial charge in [-0.3, -0.25) is 14.4 Å². The zero-order valence-corrected chi connectivity index (χ0v) is 51.5. The predicted octanol–water partition coefficient (Wildman–Crippen LogP) is 23.1. The second kappa shape index (κ2) is 65.6. The Balaban J connectivity index is 4.15. The summed E-state index contributed by atoms with van der Waals surface area (Å²) < 4.78 is 16.9. The molecule has 6 heteroatoms. The molecule has 1 unspecified atom stereocenters. The van der Waals surface area contributed by atoms with E-state index in [1.54, 1.807) is 0 Å². The second-order valence-electron chi connectivity index (χ2n) is 22.7. The zero-order chi connectivity index (χ0) is 55.7. The summed E-state index contributed by atoms with van der Waals surface area (Å²) >= 11 is 0. The Morgan fingerprint density at radius 1 is 0.273 bits per heavy atom. The van der Waals surface area contributed by atoms with Gasteiger partial charge in [0.05, 0.1) is 0 Å². The Morgan fingerprint density at radius 3 is 0.792 bits per heavy atom. The smallest absolute Gasteiger partial charge is 0.306 e. The van der Waals surface area contributed by atoms with Crippen molar-refractivity contribution in [3.63, 3.8) is 0 Å². The minimum absolute atomic E-state index is 0.0697. The maximum Gasteiger partial charge on any atom is 0.306 e. The average molecular weight is 1080 g/mol. The largest absolute Gasteiger partial charge is 0.462 e. The predicted molar refractivity (Wildman–Crippen MR) is 335 cm³/mol. The maximum atomic E-state index is 12.9. The third-order valence-corrected chi connectivity index (χ3v) is 15.0. The third-order valence-electron chi connectivity index (χ3n) is 15.0. The molecule has 0 saturated carbocycles. The van der Waals surface area contributed by atoms with Crippen molar-refractivity contribution in [2.24, 2.45) is 0 Å². The van der Waals surface area contributed by atoms with Crippen LogP contribution in [0.25, 0.3) is 0 Å². The second-order valence-corrected chi connectivity index (χ2v) is 22.7. The summed E-state index contributed by atoms with van der Waals surface area (Å²) in [6.07, 6.45) is 84.0. The van der Waals surface area contributed by atoms with E-state index in [1.165, 1.54) is 225 Å². The van der Waals surface area contributed by atoms with Gasteiger partial charge in [-0.15, -0.1) is 0 Å². The Bertz CT molecular complexity index is 1380. The molecule has 448 valence electrons. The molecule has 0 aliphatic carbocycles. The Hall–Kier alpha value is -2.89. The van der Waals surface area contributed by atoms with E-state index in [0.717, 1.165) is 89.9 Å². The van der Waals surface area contributed by atoms with E-state index < -0.39 is 6.10 Å². The van der Waals surface area contributed by atoms with E-state index in [9.17, 15) is 14.4 Å². The van der Waals surface area contributed by atoms with E-state index in [1.807, 2.05) is 0 Å². The highest BCUT2D eigenvalue weighted by molar-refractivity contribution is 5.71. The molecule has 0 amide bonds. The molecular formula is C71H128O6. The minimum atomic E-state index is -0.771. The van der Waals surface area contributed by atoms with Gasteiger partial charge >= 0.3 is 17.9 Å². The molecule has 77 heavy (non-hydrogen) atoms. The number of esters is 3. The van der Waals surface area contributed by atoms with E-state index in [0.29, 0.717) is 19.3 Å². The van der Waals surface area contributed by atoms with Gasteiger partial charge in [-0.05, 0) is 64.2 Å². The first-order chi connectivity index (χ1) is 38.0. The Morgan fingerprint density at radius 2 is 0.506 bits per heavy atom. The monoisotopic (exact) mass is 1080 g/mol. The number of hydrogen-bond donors (Lipinski definition) is 0. The van der Waals surface area contributed by atoms with Crippen molar-refractivity contribution in [1.29, 1.82) is 0 Å². The number of ether oxygens (including phenoxy) is 3. The van der Waals surface area contributed by atoms with Crippen LogP contribution in [0.15, 0.2) is 60.8 Å². The Kier molecular flexibility index (Phi) is 63.2. The van der Waals surface area contributed by atoms with Crippen LogP contribution < -0.4 is 0 Å². The maximum absolute atomic E-state index is 12.9. The number of hydrogen-bond acceptors (Lipinski definition) is 6. The van der Waals surface area contributed by atoms with Gasteiger partial charge in [0, 0.05) is 19.3 Å². The van der Waals surface area contributed by atoms with Crippen molar-refractivity contribution in [3.8, 4) is 0 Å². The van der Waals surface area contributed by atoms with Crippen molar-refractivity contribution in [3.05, 3.63) is 60.8 Å². The molecule has 0 N–H and O–H groups in total. The lowest BCUT2D eigenvalue weighted by molar-refractivity contribution is -0.167. The fourth-order valence-corrected chi connectivity index (χ4v) is 10.0. The highest BCUT2D eigenvalue weighted by Crippen LogP contribution is 2.18. The van der Waals surface area contributed by atoms with E-state index >= 15 is 0 Å². The molecule has 0 bridgehead atoms. The first-order valence-corrected chi connectivity index (χ1v) is 33.8. The molecular weight excluding hydrogens is 949 g/mol. The molecule has 0 spiro atoms. The van der Waals surface area contributed by atoms with Gasteiger partial charge in [0.25, 0.3) is 0 Å². The lowest BCUT2D eigenvalue weighted by Gasteiger charge is -2.18. The molecule has 0 aliphatic rings. The summed E-state index contributed by atoms with van der Waals surface area (Å²) in [5, 5.41) is 0. The van der Waals surface area contributed by atoms with Crippen LogP contribution >= 0.6 is 0 Å². The number of carbonyl (C=O) groups excluding carboxylic acids is 3. The van der Waals surface area contributed by atoms with Gasteiger partial charge in [0.15, 0.2) is 6.10 Å². The van der Waals surface area contributed by atoms with Crippen molar-refractivity contribution < 1.29 is 28.6 Å². The molecule has 0 heterocycles. The lowest BCUT2D eigenvalue weighted by Crippen LogP contribution is -2.30. The van der Waals surface area contributed by atoms with Crippen LogP contribution in [0, 0.1) is 0 Å². The molecule has 0 saturated heterocycles. The van der Waals surface area contributed by atoms with E-state index in [-0.39, 0.29) is 31.1 Å². The van der Waals surface area contributed by atoms with E-state index in [2.05, 4.69) is 81.5 Å². The molecule has 6 nitrogen and oxygen atoms in total. The van der Waals surface area contributed by atoms with Crippen molar-refractivity contribution in [1.82, 2.24) is 0 Å². The van der Waals surface area contributed by atoms with Crippen LogP contribution in [0.3, 0.4) is 0 Å². The Labute approximate surface area is 479 Å². The van der Waals surface area contributed by atoms with Crippen LogP contribution in [0.2, 0.25) is 0 Å². The summed E-state index contributed by atoms with van der Waals surface area (Å²) in [6, 6.07) is 0. The SMILES string of the molecule is CC/C=C\C/C=C\C/C=C\C/C=C\C/C=C\CCCCCCCCCCCCCC(=O)OCC(COC(=O)CCCCCCCCCCC)OC(=O)CCCCCCCCCCCCCCCCCCCCCCCCC. The van der Waals surface area contributed by atoms with Gasteiger partial charge < -0.3 is 14.2 Å². The van der Waals surface area contributed by atoms with Gasteiger partial charge in [-0.25, -0.2) is 0 Å². The van der Waals surface area contributed by atoms with Crippen LogP contribution in [0.4, 0.5) is 0 Å². The van der Waals surface area contributed by atoms with Crippen LogP contribution in [0.1, 0.15) is 355 Å². The minimum Gasteiger partial charge on any atom is -0.462 e. The van der Waals surface area contributed by atoms with Crippen LogP contribution in [0.5, 0.6) is 0 Å². The number of carbonyl (C=O) groups is 3. The fourth-order valence-electron chi connectivity index (χ4n) is 10.0. The van der Waals surface area contributed by atoms with Gasteiger partial charge in [-0.1, -0.05) is 332 Å². The van der Waals surface area contributed by atoms with Crippen LogP contribution in [-0.2, 0) is 28.6 Å². The summed E-state index contributed by atoms with van der Waals surface area (Å²) in [5.74, 6) is -0.854. The summed E-state index contributed by atoms with van der Waals surface area (Å²) in [4.78, 5) is 38.2. The van der Waals surface area contributed by atoms with Crippen molar-refractivity contribution in [2.75, 3.05) is 13.2 Å². The molecule has 0 aromatic rings. The highest BCUT2D eigenvalue weighted by atomic mass is 16.6. The van der Waals surface area contributed by atoms with Gasteiger partial charge in [-0.2, -0.15) is 0 Å². The third kappa shape index (κ3) is 63.8. The quantitative estimate of drug-likeness (QED) is 0.0261. The molecule has 0 fully saturated rings. The summed E-state index contributed by atoms with van der Waals surface area (Å²) in [6.45, 7) is 6.56. The standard InChI is InChI=1S/C71H128O6/c1-4-7-10-13-16-19-21-23-25-27-29-31-33-34-35-36-38-39-41-43-45-47-49-52-55-58-61-64-70(73)76-67-68(66-75-69(72)63-60-57-54-51-18-15-12-9-6-3)77-71(74)65-62-59-56-53-50-48-46-44-42-40-37-32-30-28-26-24-22-20-17-14-11-8-5-2/h7,10,16,19,23,25,29,31,34-35,68H,4-6,8-9,11-15,17-18,20-22,24,26-28,30,32-33,36-67H2,1-3H3/b10-7-,19-16-,25-23-,31-29-,35-34-. The summed E-state index contributed by atoms with van der Waals surface area (Å²) in [5.41, 5.74) is 0. The van der Waals surface area contributed by atoms with Crippen molar-refractivity contribution >= 4 is 17.9 Å². The fraction of sp³-hybridized carbons (Fsp3) is 0.817. The van der Waals surface area contributed by atoms with Crippen molar-refractivity contribution in [2.45, 2.75) is 361 Å². The highest BCUT2D eigenvalue weighted by Gasteiger charge is 2.19. The topological polar surface area (TPSA) is 78.9 Å². The summed E-state index contributed by atoms with van der Waals surface area (Å²) in [7, 11) is 0. The molecule has 0 aliphatic heterocycles. The molecule has 0 aromatic carbocycles.